The predicted octanol–water partition coefficient (Wildman–Crippen LogP) is 2.03. The number of aromatic nitrogens is 2. The molecule has 2 saturated carbocycles. The number of nitrogens with zero attached hydrogens (tertiary/aromatic N) is 5. The van der Waals surface area contributed by atoms with Crippen LogP contribution in [0.25, 0.3) is 0 Å². The number of nitro groups is 1. The van der Waals surface area contributed by atoms with Gasteiger partial charge in [0.1, 0.15) is 12.4 Å². The molecule has 1 aliphatic heterocycles. The Morgan fingerprint density at radius 3 is 2.82 bits per heavy atom. The van der Waals surface area contributed by atoms with Gasteiger partial charge in [0.25, 0.3) is 5.69 Å². The van der Waals surface area contributed by atoms with Crippen LogP contribution >= 0.6 is 11.6 Å². The number of halogens is 2. The van der Waals surface area contributed by atoms with Gasteiger partial charge in [0.15, 0.2) is 11.6 Å². The summed E-state index contributed by atoms with van der Waals surface area (Å²) in [6, 6.07) is 4.77. The minimum absolute atomic E-state index is 0.0218. The molecule has 0 radical (unpaired) electrons. The first-order valence-electron chi connectivity index (χ1n) is 13.0. The highest BCUT2D eigenvalue weighted by molar-refractivity contribution is 6.28. The predicted molar refractivity (Wildman–Crippen MR) is 143 cm³/mol. The third kappa shape index (κ3) is 5.70. The van der Waals surface area contributed by atoms with E-state index in [2.05, 4.69) is 37.4 Å². The van der Waals surface area contributed by atoms with Crippen molar-refractivity contribution in [3.8, 4) is 5.75 Å². The van der Waals surface area contributed by atoms with Gasteiger partial charge >= 0.3 is 0 Å². The fourth-order valence-electron chi connectivity index (χ4n) is 6.24. The van der Waals surface area contributed by atoms with Gasteiger partial charge in [0.2, 0.25) is 11.2 Å². The molecular weight excluding hydrogens is 531 g/mol. The molecule has 5 rings (SSSR count). The molecule has 14 heteroatoms. The second-order valence-corrected chi connectivity index (χ2v) is 10.9. The van der Waals surface area contributed by atoms with Gasteiger partial charge in [0.05, 0.1) is 34.3 Å². The molecule has 4 unspecified atom stereocenters. The molecule has 1 aromatic heterocycles. The number of primary amides is 1. The van der Waals surface area contributed by atoms with Gasteiger partial charge in [-0.15, -0.1) is 0 Å². The van der Waals surface area contributed by atoms with E-state index in [4.69, 9.17) is 22.1 Å². The Hall–Kier alpha value is -3.29. The number of hydrogen-bond acceptors (Lipinski definition) is 10. The number of carbonyl (C=O) groups is 1. The maximum Gasteiger partial charge on any atom is 0.273 e. The Balaban J connectivity index is 1.23. The summed E-state index contributed by atoms with van der Waals surface area (Å²) in [5.74, 6) is -0.984. The van der Waals surface area contributed by atoms with E-state index < -0.39 is 28.1 Å². The van der Waals surface area contributed by atoms with E-state index >= 15 is 0 Å². The number of nitrogens with one attached hydrogen (secondary N) is 2. The summed E-state index contributed by atoms with van der Waals surface area (Å²) in [7, 11) is 2.07. The number of nitrogens with two attached hydrogens (primary N) is 1. The van der Waals surface area contributed by atoms with E-state index in [0.717, 1.165) is 38.1 Å². The molecular formula is C25H32ClFN8O4. The monoisotopic (exact) mass is 562 g/mol. The number of likely N-dealkylation sites (N-methyl/N-ethyl adjacent to an activating group) is 1. The second kappa shape index (κ2) is 11.1. The number of anilines is 2. The second-order valence-electron chi connectivity index (χ2n) is 10.6. The van der Waals surface area contributed by atoms with E-state index in [1.54, 1.807) is 6.07 Å². The van der Waals surface area contributed by atoms with E-state index in [9.17, 15) is 19.3 Å². The van der Waals surface area contributed by atoms with Crippen molar-refractivity contribution in [2.24, 2.45) is 17.6 Å². The van der Waals surface area contributed by atoms with Gasteiger partial charge in [0, 0.05) is 44.8 Å². The van der Waals surface area contributed by atoms with Crippen LogP contribution in [0.5, 0.6) is 5.75 Å². The van der Waals surface area contributed by atoms with Crippen molar-refractivity contribution in [2.45, 2.75) is 30.8 Å². The topological polar surface area (TPSA) is 152 Å². The van der Waals surface area contributed by atoms with E-state index in [0.29, 0.717) is 38.2 Å². The molecule has 1 aromatic carbocycles. The molecule has 1 amide bonds. The molecule has 4 atom stereocenters. The van der Waals surface area contributed by atoms with Crippen LogP contribution in [0.4, 0.5) is 21.6 Å². The van der Waals surface area contributed by atoms with Gasteiger partial charge in [-0.25, -0.2) is 9.37 Å². The van der Waals surface area contributed by atoms with Gasteiger partial charge in [-0.2, -0.15) is 4.98 Å². The molecule has 2 aromatic rings. The van der Waals surface area contributed by atoms with Crippen molar-refractivity contribution in [3.63, 3.8) is 0 Å². The Kier molecular flexibility index (Phi) is 7.74. The number of ether oxygens (including phenoxy) is 1. The van der Waals surface area contributed by atoms with Crippen molar-refractivity contribution in [1.29, 1.82) is 0 Å². The van der Waals surface area contributed by atoms with Crippen molar-refractivity contribution in [1.82, 2.24) is 20.2 Å². The van der Waals surface area contributed by atoms with Gasteiger partial charge in [-0.05, 0) is 49.9 Å². The lowest BCUT2D eigenvalue weighted by atomic mass is 9.79. The fourth-order valence-corrected chi connectivity index (χ4v) is 6.38. The summed E-state index contributed by atoms with van der Waals surface area (Å²) in [6.45, 7) is 4.18. The standard InChI is InChI=1S/C25H32ClFN8O4/c1-33-5-7-34(8-6-33)20-3-2-16(35(37)38)11-21(20)39-9-4-29-19-13-25(12-15(19)10-17(25)22(28)36)32-23-18(27)14-30-24(26)31-23/h2-3,11,14-15,17,19,29H,4-10,12-13H2,1H3,(H2,28,36)(H,30,31,32). The lowest BCUT2D eigenvalue weighted by Gasteiger charge is -2.37. The summed E-state index contributed by atoms with van der Waals surface area (Å²) < 4.78 is 20.5. The molecule has 2 bridgehead atoms. The number of piperazine rings is 1. The third-order valence-corrected chi connectivity index (χ3v) is 8.36. The van der Waals surface area contributed by atoms with Gasteiger partial charge in [-0.3, -0.25) is 14.9 Å². The van der Waals surface area contributed by atoms with Crippen molar-refractivity contribution >= 4 is 34.7 Å². The zero-order chi connectivity index (χ0) is 27.7. The highest BCUT2D eigenvalue weighted by atomic mass is 35.5. The number of non-ortho nitro benzene ring substituents is 1. The number of hydrogen-bond donors (Lipinski definition) is 3. The van der Waals surface area contributed by atoms with Crippen LogP contribution in [0.15, 0.2) is 24.4 Å². The molecule has 4 N–H and O–H groups in total. The minimum Gasteiger partial charge on any atom is -0.490 e. The zero-order valence-electron chi connectivity index (χ0n) is 21.6. The highest BCUT2D eigenvalue weighted by Gasteiger charge is 2.58. The SMILES string of the molecule is CN1CCN(c2ccc([N+](=O)[O-])cc2OCCNC2CC3(Nc4nc(Cl)ncc4F)CC2CC3C(N)=O)CC1. The Morgan fingerprint density at radius 1 is 1.33 bits per heavy atom. The first-order chi connectivity index (χ1) is 18.6. The molecule has 0 spiro atoms. The van der Waals surface area contributed by atoms with E-state index in [-0.39, 0.29) is 28.7 Å². The Labute approximate surface area is 230 Å². The quantitative estimate of drug-likeness (QED) is 0.170. The number of benzene rings is 1. The molecule has 3 fully saturated rings. The normalized spacial score (nSPS) is 26.5. The summed E-state index contributed by atoms with van der Waals surface area (Å²) in [5, 5.41) is 17.9. The van der Waals surface area contributed by atoms with Crippen LogP contribution in [-0.2, 0) is 4.79 Å². The van der Waals surface area contributed by atoms with Crippen LogP contribution in [0.2, 0.25) is 5.28 Å². The number of carbonyl (C=O) groups excluding carboxylic acids is 1. The summed E-state index contributed by atoms with van der Waals surface area (Å²) >= 11 is 5.87. The van der Waals surface area contributed by atoms with Crippen LogP contribution in [0.3, 0.4) is 0 Å². The maximum absolute atomic E-state index is 14.4. The lowest BCUT2D eigenvalue weighted by Crippen LogP contribution is -2.51. The molecule has 39 heavy (non-hydrogen) atoms. The third-order valence-electron chi connectivity index (χ3n) is 8.17. The average molecular weight is 563 g/mol. The Bertz CT molecular complexity index is 1250. The number of rotatable bonds is 10. The van der Waals surface area contributed by atoms with Crippen molar-refractivity contribution in [3.05, 3.63) is 45.6 Å². The van der Waals surface area contributed by atoms with Crippen molar-refractivity contribution < 1.29 is 18.8 Å². The molecule has 1 saturated heterocycles. The molecule has 210 valence electrons. The molecule has 3 aliphatic rings. The first-order valence-corrected chi connectivity index (χ1v) is 13.4. The number of nitro benzene ring substituents is 1. The lowest BCUT2D eigenvalue weighted by molar-refractivity contribution is -0.384. The molecule has 2 aliphatic carbocycles. The smallest absolute Gasteiger partial charge is 0.273 e. The minimum atomic E-state index is -0.748. The maximum atomic E-state index is 14.4. The van der Waals surface area contributed by atoms with Crippen LogP contribution in [0.1, 0.15) is 19.3 Å². The van der Waals surface area contributed by atoms with Crippen LogP contribution in [-0.4, -0.2) is 83.7 Å². The fraction of sp³-hybridized carbons (Fsp3) is 0.560. The number of fused-ring (bicyclic) bond motifs is 2. The van der Waals surface area contributed by atoms with Gasteiger partial charge in [-0.1, -0.05) is 0 Å². The summed E-state index contributed by atoms with van der Waals surface area (Å²) in [4.78, 5) is 35.2. The summed E-state index contributed by atoms with van der Waals surface area (Å²) in [6.07, 6.45) is 2.72. The van der Waals surface area contributed by atoms with Crippen LogP contribution < -0.4 is 26.0 Å². The molecule has 2 heterocycles. The van der Waals surface area contributed by atoms with Crippen molar-refractivity contribution in [2.75, 3.05) is 56.6 Å². The average Bonchev–Trinajstić information content (AvgIpc) is 3.44. The summed E-state index contributed by atoms with van der Waals surface area (Å²) in [5.41, 5.74) is 5.78. The van der Waals surface area contributed by atoms with E-state index in [1.165, 1.54) is 12.1 Å². The van der Waals surface area contributed by atoms with Crippen LogP contribution in [0, 0.1) is 27.8 Å². The molecule has 12 nitrogen and oxygen atoms in total. The van der Waals surface area contributed by atoms with E-state index in [1.807, 2.05) is 0 Å². The largest absolute Gasteiger partial charge is 0.490 e. The first kappa shape index (κ1) is 27.3. The Morgan fingerprint density at radius 2 is 2.10 bits per heavy atom. The van der Waals surface area contributed by atoms with Gasteiger partial charge < -0.3 is 30.9 Å². The zero-order valence-corrected chi connectivity index (χ0v) is 22.4. The number of amides is 1. The highest BCUT2D eigenvalue weighted by Crippen LogP contribution is 2.53.